The summed E-state index contributed by atoms with van der Waals surface area (Å²) < 4.78 is 27.2. The molecule has 2 atom stereocenters. The number of rotatable bonds is 3. The van der Waals surface area contributed by atoms with Gasteiger partial charge in [0, 0.05) is 38.1 Å². The Morgan fingerprint density at radius 3 is 2.32 bits per heavy atom. The predicted molar refractivity (Wildman–Crippen MR) is 96.6 cm³/mol. The average molecular weight is 365 g/mol. The quantitative estimate of drug-likeness (QED) is 0.874. The van der Waals surface area contributed by atoms with E-state index in [4.69, 9.17) is 5.73 Å². The number of benzene rings is 1. The second-order valence-corrected chi connectivity index (χ2v) is 9.18. The molecule has 2 unspecified atom stereocenters. The SMILES string of the molecule is Cc1ccc(S(=O)(=O)N2CCN(C(=O)C3CCC(N)C3)CC2)cc1C. The topological polar surface area (TPSA) is 83.7 Å². The third-order valence-electron chi connectivity index (χ3n) is 5.49. The van der Waals surface area contributed by atoms with Gasteiger partial charge >= 0.3 is 0 Å². The first kappa shape index (κ1) is 18.4. The maximum Gasteiger partial charge on any atom is 0.243 e. The highest BCUT2D eigenvalue weighted by atomic mass is 32.2. The third-order valence-corrected chi connectivity index (χ3v) is 7.38. The number of carbonyl (C=O) groups excluding carboxylic acids is 1. The van der Waals surface area contributed by atoms with E-state index in [9.17, 15) is 13.2 Å². The van der Waals surface area contributed by atoms with Gasteiger partial charge in [0.25, 0.3) is 0 Å². The van der Waals surface area contributed by atoms with Crippen molar-refractivity contribution in [1.82, 2.24) is 9.21 Å². The second kappa shape index (κ2) is 7.05. The fourth-order valence-corrected chi connectivity index (χ4v) is 5.18. The van der Waals surface area contributed by atoms with Crippen molar-refractivity contribution in [3.8, 4) is 0 Å². The molecular weight excluding hydrogens is 338 g/mol. The van der Waals surface area contributed by atoms with Crippen molar-refractivity contribution >= 4 is 15.9 Å². The van der Waals surface area contributed by atoms with Crippen LogP contribution >= 0.6 is 0 Å². The Labute approximate surface area is 150 Å². The van der Waals surface area contributed by atoms with E-state index in [-0.39, 0.29) is 17.9 Å². The Bertz CT molecular complexity index is 755. The molecule has 0 radical (unpaired) electrons. The number of amides is 1. The Balaban J connectivity index is 1.65. The zero-order valence-corrected chi connectivity index (χ0v) is 15.8. The number of piperazine rings is 1. The molecule has 2 fully saturated rings. The molecule has 6 nitrogen and oxygen atoms in total. The Hall–Kier alpha value is -1.44. The molecule has 1 aromatic rings. The largest absolute Gasteiger partial charge is 0.340 e. The van der Waals surface area contributed by atoms with Crippen LogP contribution in [0.1, 0.15) is 30.4 Å². The van der Waals surface area contributed by atoms with Crippen LogP contribution in [0, 0.1) is 19.8 Å². The summed E-state index contributed by atoms with van der Waals surface area (Å²) in [5.41, 5.74) is 7.94. The summed E-state index contributed by atoms with van der Waals surface area (Å²) in [5, 5.41) is 0. The predicted octanol–water partition coefficient (Wildman–Crippen LogP) is 1.26. The Kier molecular flexibility index (Phi) is 5.18. The van der Waals surface area contributed by atoms with Crippen LogP contribution in [-0.4, -0.2) is 55.8 Å². The summed E-state index contributed by atoms with van der Waals surface area (Å²) in [7, 11) is -3.50. The fourth-order valence-electron chi connectivity index (χ4n) is 3.67. The number of hydrogen-bond donors (Lipinski definition) is 1. The number of sulfonamides is 1. The van der Waals surface area contributed by atoms with Crippen molar-refractivity contribution in [2.45, 2.75) is 44.0 Å². The molecule has 1 heterocycles. The smallest absolute Gasteiger partial charge is 0.243 e. The van der Waals surface area contributed by atoms with Crippen LogP contribution < -0.4 is 5.73 Å². The lowest BCUT2D eigenvalue weighted by molar-refractivity contribution is -0.136. The number of nitrogens with zero attached hydrogens (tertiary/aromatic N) is 2. The number of aryl methyl sites for hydroxylation is 2. The zero-order chi connectivity index (χ0) is 18.2. The van der Waals surface area contributed by atoms with Crippen molar-refractivity contribution in [3.05, 3.63) is 29.3 Å². The molecule has 3 rings (SSSR count). The van der Waals surface area contributed by atoms with Gasteiger partial charge < -0.3 is 10.6 Å². The Morgan fingerprint density at radius 2 is 1.76 bits per heavy atom. The average Bonchev–Trinajstić information content (AvgIpc) is 3.03. The minimum Gasteiger partial charge on any atom is -0.340 e. The van der Waals surface area contributed by atoms with Gasteiger partial charge in [-0.2, -0.15) is 4.31 Å². The molecule has 0 aromatic heterocycles. The molecular formula is C18H27N3O3S. The van der Waals surface area contributed by atoms with E-state index in [1.165, 1.54) is 4.31 Å². The first-order valence-corrected chi connectivity index (χ1v) is 10.3. The van der Waals surface area contributed by atoms with Gasteiger partial charge in [-0.15, -0.1) is 0 Å². The molecule has 1 saturated heterocycles. The van der Waals surface area contributed by atoms with E-state index >= 15 is 0 Å². The van der Waals surface area contributed by atoms with Gasteiger partial charge in [-0.3, -0.25) is 4.79 Å². The number of nitrogens with two attached hydrogens (primary N) is 1. The van der Waals surface area contributed by atoms with Gasteiger partial charge in [0.1, 0.15) is 0 Å². The zero-order valence-electron chi connectivity index (χ0n) is 14.9. The van der Waals surface area contributed by atoms with Crippen LogP contribution in [0.5, 0.6) is 0 Å². The highest BCUT2D eigenvalue weighted by Gasteiger charge is 2.35. The lowest BCUT2D eigenvalue weighted by atomic mass is 10.1. The van der Waals surface area contributed by atoms with Gasteiger partial charge in [0.2, 0.25) is 15.9 Å². The number of hydrogen-bond acceptors (Lipinski definition) is 4. The molecule has 0 bridgehead atoms. The molecule has 138 valence electrons. The molecule has 1 saturated carbocycles. The standard InChI is InChI=1S/C18H27N3O3S/c1-13-3-6-17(11-14(13)2)25(23,24)21-9-7-20(8-10-21)18(22)15-4-5-16(19)12-15/h3,6,11,15-16H,4-5,7-10,12,19H2,1-2H3. The molecule has 2 aliphatic rings. The molecule has 2 N–H and O–H groups in total. The van der Waals surface area contributed by atoms with E-state index < -0.39 is 10.0 Å². The maximum atomic E-state index is 12.8. The van der Waals surface area contributed by atoms with Gasteiger partial charge in [-0.25, -0.2) is 8.42 Å². The van der Waals surface area contributed by atoms with E-state index in [0.717, 1.165) is 30.4 Å². The van der Waals surface area contributed by atoms with Crippen molar-refractivity contribution in [2.75, 3.05) is 26.2 Å². The van der Waals surface area contributed by atoms with Crippen molar-refractivity contribution in [2.24, 2.45) is 11.7 Å². The van der Waals surface area contributed by atoms with E-state index in [1.807, 2.05) is 19.9 Å². The summed E-state index contributed by atoms with van der Waals surface area (Å²) in [6.45, 7) is 5.48. The normalized spacial score (nSPS) is 25.3. The first-order valence-electron chi connectivity index (χ1n) is 8.91. The van der Waals surface area contributed by atoms with Crippen molar-refractivity contribution in [3.63, 3.8) is 0 Å². The second-order valence-electron chi connectivity index (χ2n) is 7.25. The number of carbonyl (C=O) groups is 1. The van der Waals surface area contributed by atoms with Crippen molar-refractivity contribution in [1.29, 1.82) is 0 Å². The highest BCUT2D eigenvalue weighted by Crippen LogP contribution is 2.27. The highest BCUT2D eigenvalue weighted by molar-refractivity contribution is 7.89. The fraction of sp³-hybridized carbons (Fsp3) is 0.611. The van der Waals surface area contributed by atoms with Gasteiger partial charge in [0.15, 0.2) is 0 Å². The molecule has 0 spiro atoms. The summed E-state index contributed by atoms with van der Waals surface area (Å²) in [4.78, 5) is 14.7. The van der Waals surface area contributed by atoms with Crippen LogP contribution in [0.4, 0.5) is 0 Å². The summed E-state index contributed by atoms with van der Waals surface area (Å²) in [5.74, 6) is 0.147. The van der Waals surface area contributed by atoms with Crippen LogP contribution in [0.2, 0.25) is 0 Å². The molecule has 7 heteroatoms. The third kappa shape index (κ3) is 3.73. The minimum absolute atomic E-state index is 0.0119. The lowest BCUT2D eigenvalue weighted by Crippen LogP contribution is -2.51. The molecule has 1 amide bonds. The summed E-state index contributed by atoms with van der Waals surface area (Å²) in [6, 6.07) is 5.35. The first-order chi connectivity index (χ1) is 11.8. The van der Waals surface area contributed by atoms with E-state index in [2.05, 4.69) is 0 Å². The monoisotopic (exact) mass is 365 g/mol. The Morgan fingerprint density at radius 1 is 1.08 bits per heavy atom. The maximum absolute atomic E-state index is 12.8. The van der Waals surface area contributed by atoms with Crippen LogP contribution in [0.25, 0.3) is 0 Å². The van der Waals surface area contributed by atoms with Crippen LogP contribution in [-0.2, 0) is 14.8 Å². The lowest BCUT2D eigenvalue weighted by Gasteiger charge is -2.35. The van der Waals surface area contributed by atoms with Crippen LogP contribution in [0.3, 0.4) is 0 Å². The minimum atomic E-state index is -3.50. The van der Waals surface area contributed by atoms with Gasteiger partial charge in [0.05, 0.1) is 4.90 Å². The summed E-state index contributed by atoms with van der Waals surface area (Å²) in [6.07, 6.45) is 2.50. The molecule has 25 heavy (non-hydrogen) atoms. The van der Waals surface area contributed by atoms with Gasteiger partial charge in [-0.1, -0.05) is 6.07 Å². The molecule has 1 aromatic carbocycles. The van der Waals surface area contributed by atoms with Crippen molar-refractivity contribution < 1.29 is 13.2 Å². The van der Waals surface area contributed by atoms with Crippen LogP contribution in [0.15, 0.2) is 23.1 Å². The summed E-state index contributed by atoms with van der Waals surface area (Å²) >= 11 is 0. The van der Waals surface area contributed by atoms with E-state index in [1.54, 1.807) is 17.0 Å². The molecule has 1 aliphatic heterocycles. The van der Waals surface area contributed by atoms with Gasteiger partial charge in [-0.05, 0) is 56.4 Å². The van der Waals surface area contributed by atoms with E-state index in [0.29, 0.717) is 31.1 Å². The molecule has 1 aliphatic carbocycles.